The zero-order valence-electron chi connectivity index (χ0n) is 26.6. The molecule has 0 aromatic rings. The normalized spacial score (nSPS) is 11.4. The Balaban J connectivity index is 0. The molecule has 0 aromatic heterocycles. The lowest BCUT2D eigenvalue weighted by atomic mass is 10.1. The summed E-state index contributed by atoms with van der Waals surface area (Å²) in [6.07, 6.45) is 42.1. The first-order valence-electron chi connectivity index (χ1n) is 17.0. The second-order valence-electron chi connectivity index (χ2n) is 11.8. The molecule has 0 saturated heterocycles. The first-order chi connectivity index (χ1) is 18.0. The molecule has 0 atom stereocenters. The number of carbonyl (C=O) groups excluding carboxylic acids is 1. The predicted molar refractivity (Wildman–Crippen MR) is 171 cm³/mol. The van der Waals surface area contributed by atoms with E-state index >= 15 is 0 Å². The lowest BCUT2D eigenvalue weighted by molar-refractivity contribution is -0.302. The van der Waals surface area contributed by atoms with E-state index in [1.54, 1.807) is 50.3 Å². The van der Waals surface area contributed by atoms with Gasteiger partial charge in [0.25, 0.3) is 0 Å². The summed E-state index contributed by atoms with van der Waals surface area (Å²) in [5.74, 6) is -1.08. The molecular weight excluding hydrogens is 471 g/mol. The highest BCUT2D eigenvalue weighted by atomic mass is 31.2. The van der Waals surface area contributed by atoms with Gasteiger partial charge >= 0.3 is 0 Å². The summed E-state index contributed by atoms with van der Waals surface area (Å²) in [5.41, 5.74) is 0. The van der Waals surface area contributed by atoms with Crippen LogP contribution in [0, 0.1) is 0 Å². The van der Waals surface area contributed by atoms with Gasteiger partial charge in [0.2, 0.25) is 0 Å². The number of aliphatic carboxylic acids is 1. The first kappa shape index (κ1) is 39.0. The van der Waals surface area contributed by atoms with E-state index in [9.17, 15) is 0 Å². The smallest absolute Gasteiger partial charge is 0.0594 e. The van der Waals surface area contributed by atoms with Gasteiger partial charge in [-0.25, -0.2) is 0 Å². The van der Waals surface area contributed by atoms with Gasteiger partial charge in [0.05, 0.1) is 24.6 Å². The van der Waals surface area contributed by atoms with Gasteiger partial charge in [0, 0.05) is 13.2 Å². The fourth-order valence-electron chi connectivity index (χ4n) is 5.58. The average Bonchev–Trinajstić information content (AvgIpc) is 2.87. The number of carboxylic acid groups (broad SMARTS) is 1. The molecule has 0 N–H and O–H groups in total. The zero-order valence-corrected chi connectivity index (χ0v) is 27.5. The number of rotatable bonds is 28. The van der Waals surface area contributed by atoms with Crippen LogP contribution in [-0.2, 0) is 4.79 Å². The fraction of sp³-hybridized carbons (Fsp3) is 0.971. The van der Waals surface area contributed by atoms with Crippen molar-refractivity contribution in [3.63, 3.8) is 0 Å². The Morgan fingerprint density at radius 1 is 0.405 bits per heavy atom. The minimum atomic E-state index is -1.08. The van der Waals surface area contributed by atoms with Crippen LogP contribution in [0.5, 0.6) is 0 Å². The lowest BCUT2D eigenvalue weighted by Gasteiger charge is -2.28. The number of carbonyl (C=O) groups is 1. The van der Waals surface area contributed by atoms with E-state index in [4.69, 9.17) is 9.90 Å². The summed E-state index contributed by atoms with van der Waals surface area (Å²) >= 11 is 0. The van der Waals surface area contributed by atoms with Crippen molar-refractivity contribution in [3.05, 3.63) is 0 Å². The van der Waals surface area contributed by atoms with Gasteiger partial charge in [-0.15, -0.1) is 0 Å². The molecule has 0 bridgehead atoms. The van der Waals surface area contributed by atoms with Crippen molar-refractivity contribution < 1.29 is 9.90 Å². The highest BCUT2D eigenvalue weighted by Crippen LogP contribution is 2.61. The van der Waals surface area contributed by atoms with E-state index in [1.165, 1.54) is 128 Å². The maximum Gasteiger partial charge on any atom is 0.0594 e. The summed E-state index contributed by atoms with van der Waals surface area (Å²) < 4.78 is 0. The first-order valence-corrected chi connectivity index (χ1v) is 19.5. The molecule has 0 fully saturated rings. The molecule has 0 aliphatic carbocycles. The monoisotopic (exact) mass is 543 g/mol. The summed E-state index contributed by atoms with van der Waals surface area (Å²) in [6.45, 7) is 10.4. The van der Waals surface area contributed by atoms with Crippen LogP contribution in [-0.4, -0.2) is 30.6 Å². The fourth-order valence-corrected chi connectivity index (χ4v) is 10.5. The molecule has 2 nitrogen and oxygen atoms in total. The molecule has 0 aromatic carbocycles. The average molecular weight is 543 g/mol. The molecular formula is C34H71O2P. The maximum atomic E-state index is 8.89. The third-order valence-corrected chi connectivity index (χ3v) is 13.0. The number of hydrogen-bond donors (Lipinski definition) is 0. The topological polar surface area (TPSA) is 40.1 Å². The van der Waals surface area contributed by atoms with Crippen molar-refractivity contribution in [2.24, 2.45) is 0 Å². The minimum absolute atomic E-state index is 0.697. The number of carboxylic acids is 1. The summed E-state index contributed by atoms with van der Waals surface area (Å²) in [6, 6.07) is 0. The maximum absolute atomic E-state index is 8.89. The van der Waals surface area contributed by atoms with E-state index in [0.717, 1.165) is 6.92 Å². The van der Waals surface area contributed by atoms with Crippen molar-refractivity contribution in [1.29, 1.82) is 0 Å². The van der Waals surface area contributed by atoms with Crippen LogP contribution >= 0.6 is 7.26 Å². The Bertz CT molecular complexity index is 402. The van der Waals surface area contributed by atoms with Crippen molar-refractivity contribution in [3.8, 4) is 0 Å². The molecule has 224 valence electrons. The van der Waals surface area contributed by atoms with Crippen LogP contribution < -0.4 is 5.11 Å². The Morgan fingerprint density at radius 2 is 0.568 bits per heavy atom. The van der Waals surface area contributed by atoms with Gasteiger partial charge in [0.1, 0.15) is 0 Å². The van der Waals surface area contributed by atoms with E-state index in [2.05, 4.69) is 27.7 Å². The van der Waals surface area contributed by atoms with Gasteiger partial charge in [-0.1, -0.05) is 130 Å². The third-order valence-electron chi connectivity index (χ3n) is 7.94. The van der Waals surface area contributed by atoms with Crippen molar-refractivity contribution >= 4 is 13.2 Å². The SMILES string of the molecule is CC(=O)[O-].CCCCCCCCCCCCCC[P+](CCCCCC)(CCCCCC)CCCCCC. The van der Waals surface area contributed by atoms with Crippen LogP contribution in [0.2, 0.25) is 0 Å². The van der Waals surface area contributed by atoms with E-state index < -0.39 is 13.2 Å². The van der Waals surface area contributed by atoms with Crippen molar-refractivity contribution in [1.82, 2.24) is 0 Å². The van der Waals surface area contributed by atoms with Gasteiger partial charge < -0.3 is 9.90 Å². The second-order valence-corrected chi connectivity index (χ2v) is 16.3. The van der Waals surface area contributed by atoms with Gasteiger partial charge in [0.15, 0.2) is 0 Å². The third kappa shape index (κ3) is 32.0. The summed E-state index contributed by atoms with van der Waals surface area (Å²) in [5, 5.41) is 8.89. The molecule has 0 heterocycles. The standard InChI is InChI=1S/C32H68P.C2H4O2/c1-5-9-13-17-18-19-20-21-22-23-24-28-32-33(29-25-14-10-6-2,30-26-15-11-7-3)31-27-16-12-8-4;1-2(3)4/h5-32H2,1-4H3;1H3,(H,3,4)/q+1;/p-1. The zero-order chi connectivity index (χ0) is 27.9. The van der Waals surface area contributed by atoms with Crippen LogP contribution in [0.15, 0.2) is 0 Å². The van der Waals surface area contributed by atoms with Crippen LogP contribution in [0.1, 0.15) is 189 Å². The molecule has 0 amide bonds. The van der Waals surface area contributed by atoms with Crippen molar-refractivity contribution in [2.75, 3.05) is 24.6 Å². The van der Waals surface area contributed by atoms with Gasteiger partial charge in [-0.2, -0.15) is 0 Å². The second kappa shape index (κ2) is 32.1. The predicted octanol–water partition coefficient (Wildman–Crippen LogP) is 11.2. The number of unbranched alkanes of at least 4 members (excludes halogenated alkanes) is 20. The molecule has 37 heavy (non-hydrogen) atoms. The molecule has 0 radical (unpaired) electrons. The Kier molecular flexibility index (Phi) is 33.9. The Labute approximate surface area is 236 Å². The number of hydrogen-bond acceptors (Lipinski definition) is 2. The van der Waals surface area contributed by atoms with E-state index in [0.29, 0.717) is 0 Å². The summed E-state index contributed by atoms with van der Waals surface area (Å²) in [4.78, 5) is 8.89. The van der Waals surface area contributed by atoms with E-state index in [-0.39, 0.29) is 0 Å². The quantitative estimate of drug-likeness (QED) is 0.0728. The molecule has 0 aliphatic heterocycles. The lowest BCUT2D eigenvalue weighted by Crippen LogP contribution is -2.16. The molecule has 0 aliphatic rings. The van der Waals surface area contributed by atoms with Crippen LogP contribution in [0.4, 0.5) is 0 Å². The van der Waals surface area contributed by atoms with E-state index in [1.807, 2.05) is 0 Å². The van der Waals surface area contributed by atoms with Crippen molar-refractivity contribution in [2.45, 2.75) is 189 Å². The van der Waals surface area contributed by atoms with Gasteiger partial charge in [-0.05, 0) is 58.3 Å². The van der Waals surface area contributed by atoms with Gasteiger partial charge in [-0.3, -0.25) is 0 Å². The molecule has 0 saturated carbocycles. The summed E-state index contributed by atoms with van der Waals surface area (Å²) in [7, 11) is -0.697. The molecule has 0 spiro atoms. The Morgan fingerprint density at radius 3 is 0.784 bits per heavy atom. The minimum Gasteiger partial charge on any atom is -0.550 e. The largest absolute Gasteiger partial charge is 0.550 e. The highest BCUT2D eigenvalue weighted by molar-refractivity contribution is 7.75. The molecule has 3 heteroatoms. The Hall–Kier alpha value is -0.100. The molecule has 0 rings (SSSR count). The molecule has 0 unspecified atom stereocenters. The highest BCUT2D eigenvalue weighted by Gasteiger charge is 2.34. The van der Waals surface area contributed by atoms with Crippen LogP contribution in [0.3, 0.4) is 0 Å². The van der Waals surface area contributed by atoms with Crippen LogP contribution in [0.25, 0.3) is 0 Å².